The molecule has 1 atom stereocenters. The van der Waals surface area contributed by atoms with Crippen LogP contribution in [0.1, 0.15) is 30.9 Å². The van der Waals surface area contributed by atoms with Gasteiger partial charge >= 0.3 is 11.9 Å². The molecule has 0 aliphatic carbocycles. The fourth-order valence-electron chi connectivity index (χ4n) is 4.41. The molecule has 0 bridgehead atoms. The summed E-state index contributed by atoms with van der Waals surface area (Å²) in [5, 5.41) is 11.0. The predicted octanol–water partition coefficient (Wildman–Crippen LogP) is 5.67. The van der Waals surface area contributed by atoms with Crippen molar-refractivity contribution in [1.82, 2.24) is 0 Å². The van der Waals surface area contributed by atoms with Crippen LogP contribution in [-0.2, 0) is 25.7 Å². The van der Waals surface area contributed by atoms with Crippen LogP contribution in [0.2, 0.25) is 0 Å². The lowest BCUT2D eigenvalue weighted by molar-refractivity contribution is -0.384. The molecule has 0 fully saturated rings. The average Bonchev–Trinajstić information content (AvgIpc) is 2.96. The number of carbonyl (C=O) groups excluding carboxylic acids is 2. The molecule has 1 aliphatic rings. The molecule has 0 saturated carbocycles. The van der Waals surface area contributed by atoms with Gasteiger partial charge in [0.1, 0.15) is 18.1 Å². The lowest BCUT2D eigenvalue weighted by atomic mass is 9.85. The number of ether oxygens (including phenoxy) is 3. The molecule has 9 nitrogen and oxygen atoms in total. The van der Waals surface area contributed by atoms with Crippen molar-refractivity contribution in [2.45, 2.75) is 26.4 Å². The van der Waals surface area contributed by atoms with E-state index in [2.05, 4.69) is 0 Å². The first-order valence-corrected chi connectivity index (χ1v) is 12.3. The number of carbonyl (C=O) groups is 2. The third-order valence-electron chi connectivity index (χ3n) is 6.31. The number of nitro groups is 1. The highest BCUT2D eigenvalue weighted by atomic mass is 16.6. The standard InChI is InChI=1S/C30H28N2O7/c1-4-38-30(34)28-20(2)31(23-14-16-25(37-3)17-15-23)27(18-26(28)22-8-6-5-7-9-22)29(33)39-19-21-10-12-24(13-11-21)32(35)36/h5-18,26H,4,19H2,1-3H3. The molecule has 4 rings (SSSR count). The average molecular weight is 529 g/mol. The molecule has 9 heteroatoms. The maximum atomic E-state index is 13.6. The van der Waals surface area contributed by atoms with Crippen LogP contribution in [0.15, 0.2) is 102 Å². The monoisotopic (exact) mass is 528 g/mol. The van der Waals surface area contributed by atoms with Gasteiger partial charge in [0.25, 0.3) is 5.69 Å². The molecule has 0 amide bonds. The van der Waals surface area contributed by atoms with Gasteiger partial charge in [-0.1, -0.05) is 30.3 Å². The van der Waals surface area contributed by atoms with Crippen molar-refractivity contribution in [1.29, 1.82) is 0 Å². The number of hydrogen-bond donors (Lipinski definition) is 0. The van der Waals surface area contributed by atoms with Gasteiger partial charge in [0.2, 0.25) is 0 Å². The predicted molar refractivity (Wildman–Crippen MR) is 145 cm³/mol. The number of nitro benzene ring substituents is 1. The normalized spacial score (nSPS) is 14.9. The van der Waals surface area contributed by atoms with Crippen LogP contribution in [0.3, 0.4) is 0 Å². The SMILES string of the molecule is CCOC(=O)C1=C(C)N(c2ccc(OC)cc2)C(C(=O)OCc2ccc([N+](=O)[O-])cc2)=CC1c1ccccc1. The number of nitrogens with zero attached hydrogens (tertiary/aromatic N) is 2. The van der Waals surface area contributed by atoms with Gasteiger partial charge in [-0.25, -0.2) is 9.59 Å². The number of rotatable bonds is 9. The zero-order chi connectivity index (χ0) is 27.9. The number of methoxy groups -OCH3 is 1. The Morgan fingerprint density at radius 1 is 0.923 bits per heavy atom. The number of esters is 2. The van der Waals surface area contributed by atoms with Crippen LogP contribution in [0.25, 0.3) is 0 Å². The first kappa shape index (κ1) is 27.1. The van der Waals surface area contributed by atoms with E-state index in [-0.39, 0.29) is 24.6 Å². The summed E-state index contributed by atoms with van der Waals surface area (Å²) in [6.45, 7) is 3.62. The molecule has 0 spiro atoms. The van der Waals surface area contributed by atoms with Gasteiger partial charge in [-0.3, -0.25) is 10.1 Å². The van der Waals surface area contributed by atoms with E-state index in [1.54, 1.807) is 68.3 Å². The summed E-state index contributed by atoms with van der Waals surface area (Å²) in [5.41, 5.74) is 3.14. The van der Waals surface area contributed by atoms with E-state index >= 15 is 0 Å². The smallest absolute Gasteiger partial charge is 0.355 e. The molecule has 200 valence electrons. The molecular formula is C30H28N2O7. The first-order chi connectivity index (χ1) is 18.8. The molecule has 3 aromatic carbocycles. The van der Waals surface area contributed by atoms with E-state index < -0.39 is 22.8 Å². The summed E-state index contributed by atoms with van der Waals surface area (Å²) < 4.78 is 16.4. The summed E-state index contributed by atoms with van der Waals surface area (Å²) in [6, 6.07) is 22.3. The number of hydrogen-bond acceptors (Lipinski definition) is 8. The van der Waals surface area contributed by atoms with Crippen molar-refractivity contribution in [2.24, 2.45) is 0 Å². The van der Waals surface area contributed by atoms with E-state index in [1.807, 2.05) is 30.3 Å². The topological polar surface area (TPSA) is 108 Å². The van der Waals surface area contributed by atoms with Crippen LogP contribution in [-0.4, -0.2) is 30.6 Å². The van der Waals surface area contributed by atoms with Crippen molar-refractivity contribution in [2.75, 3.05) is 18.6 Å². The summed E-state index contributed by atoms with van der Waals surface area (Å²) in [7, 11) is 1.56. The van der Waals surface area contributed by atoms with Gasteiger partial charge in [-0.15, -0.1) is 0 Å². The van der Waals surface area contributed by atoms with Gasteiger partial charge in [0.05, 0.1) is 24.2 Å². The molecule has 0 N–H and O–H groups in total. The molecule has 3 aromatic rings. The Morgan fingerprint density at radius 2 is 1.59 bits per heavy atom. The minimum absolute atomic E-state index is 0.0521. The summed E-state index contributed by atoms with van der Waals surface area (Å²) in [4.78, 5) is 38.9. The van der Waals surface area contributed by atoms with Crippen LogP contribution < -0.4 is 9.64 Å². The molecular weight excluding hydrogens is 500 g/mol. The molecule has 0 saturated heterocycles. The molecule has 1 unspecified atom stereocenters. The zero-order valence-electron chi connectivity index (χ0n) is 21.8. The number of benzene rings is 3. The van der Waals surface area contributed by atoms with Crippen LogP contribution in [0.4, 0.5) is 11.4 Å². The van der Waals surface area contributed by atoms with Crippen molar-refractivity contribution in [3.8, 4) is 5.75 Å². The Hall–Kier alpha value is -4.92. The summed E-state index contributed by atoms with van der Waals surface area (Å²) in [6.07, 6.45) is 1.71. The molecule has 0 radical (unpaired) electrons. The van der Waals surface area contributed by atoms with E-state index in [0.29, 0.717) is 28.3 Å². The number of anilines is 1. The zero-order valence-corrected chi connectivity index (χ0v) is 21.8. The third kappa shape index (κ3) is 5.98. The highest BCUT2D eigenvalue weighted by molar-refractivity contribution is 6.00. The Labute approximate surface area is 226 Å². The number of non-ortho nitro benzene ring substituents is 1. The van der Waals surface area contributed by atoms with Gasteiger partial charge < -0.3 is 19.1 Å². The minimum atomic E-state index is -0.618. The largest absolute Gasteiger partial charge is 0.497 e. The number of allylic oxidation sites excluding steroid dienone is 2. The Kier molecular flexibility index (Phi) is 8.40. The van der Waals surface area contributed by atoms with Crippen LogP contribution >= 0.6 is 0 Å². The Bertz CT molecular complexity index is 1410. The maximum absolute atomic E-state index is 13.6. The van der Waals surface area contributed by atoms with E-state index in [0.717, 1.165) is 5.56 Å². The van der Waals surface area contributed by atoms with Gasteiger partial charge in [-0.2, -0.15) is 0 Å². The van der Waals surface area contributed by atoms with Gasteiger partial charge in [0.15, 0.2) is 0 Å². The van der Waals surface area contributed by atoms with Gasteiger partial charge in [-0.05, 0) is 67.4 Å². The van der Waals surface area contributed by atoms with E-state index in [4.69, 9.17) is 14.2 Å². The molecule has 1 aliphatic heterocycles. The quantitative estimate of drug-likeness (QED) is 0.199. The Balaban J connectivity index is 1.75. The lowest BCUT2D eigenvalue weighted by Crippen LogP contribution is -2.34. The summed E-state index contributed by atoms with van der Waals surface area (Å²) >= 11 is 0. The second-order valence-electron chi connectivity index (χ2n) is 8.69. The van der Waals surface area contributed by atoms with Crippen LogP contribution in [0, 0.1) is 10.1 Å². The van der Waals surface area contributed by atoms with Crippen molar-refractivity contribution in [3.63, 3.8) is 0 Å². The van der Waals surface area contributed by atoms with Crippen molar-refractivity contribution >= 4 is 23.3 Å². The second-order valence-corrected chi connectivity index (χ2v) is 8.69. The highest BCUT2D eigenvalue weighted by Crippen LogP contribution is 2.40. The second kappa shape index (κ2) is 12.1. The van der Waals surface area contributed by atoms with Gasteiger partial charge in [0, 0.05) is 29.4 Å². The maximum Gasteiger partial charge on any atom is 0.355 e. The fraction of sp³-hybridized carbons (Fsp3) is 0.200. The van der Waals surface area contributed by atoms with E-state index in [1.165, 1.54) is 12.1 Å². The molecule has 39 heavy (non-hydrogen) atoms. The van der Waals surface area contributed by atoms with E-state index in [9.17, 15) is 19.7 Å². The molecule has 1 heterocycles. The summed E-state index contributed by atoms with van der Waals surface area (Å²) in [5.74, 6) is -1.01. The third-order valence-corrected chi connectivity index (χ3v) is 6.31. The highest BCUT2D eigenvalue weighted by Gasteiger charge is 2.36. The fourth-order valence-corrected chi connectivity index (χ4v) is 4.41. The Morgan fingerprint density at radius 3 is 2.18 bits per heavy atom. The molecule has 0 aromatic heterocycles. The van der Waals surface area contributed by atoms with Crippen LogP contribution in [0.5, 0.6) is 5.75 Å². The minimum Gasteiger partial charge on any atom is -0.497 e. The lowest BCUT2D eigenvalue weighted by Gasteiger charge is -2.35. The first-order valence-electron chi connectivity index (χ1n) is 12.3. The van der Waals surface area contributed by atoms with Crippen molar-refractivity contribution < 1.29 is 28.7 Å². The van der Waals surface area contributed by atoms with Crippen molar-refractivity contribution in [3.05, 3.63) is 123 Å².